The first kappa shape index (κ1) is 7.92. The van der Waals surface area contributed by atoms with E-state index in [1.807, 2.05) is 13.8 Å². The average molecular weight is 118 g/mol. The standard InChI is InChI=1S/C6H15NO/c1-6(2,8)4-3-5-7/h8H,3-5,7H2,1-2H3/p+1. The molecule has 0 bridgehead atoms. The SMILES string of the molecule is CC(C)(O)CCC[NH3+]. The highest BCUT2D eigenvalue weighted by molar-refractivity contribution is 4.63. The monoisotopic (exact) mass is 118 g/mol. The molecule has 2 heteroatoms. The van der Waals surface area contributed by atoms with Crippen LogP contribution in [-0.2, 0) is 0 Å². The normalized spacial score (nSPS) is 12.0. The Morgan fingerprint density at radius 3 is 2.12 bits per heavy atom. The lowest BCUT2D eigenvalue weighted by atomic mass is 10.0. The van der Waals surface area contributed by atoms with Crippen LogP contribution in [0.2, 0.25) is 0 Å². The molecule has 0 aliphatic carbocycles. The van der Waals surface area contributed by atoms with E-state index in [4.69, 9.17) is 5.11 Å². The van der Waals surface area contributed by atoms with Crippen molar-refractivity contribution in [3.05, 3.63) is 0 Å². The molecule has 0 heterocycles. The van der Waals surface area contributed by atoms with Crippen molar-refractivity contribution in [2.45, 2.75) is 32.3 Å². The van der Waals surface area contributed by atoms with E-state index in [1.165, 1.54) is 0 Å². The van der Waals surface area contributed by atoms with Gasteiger partial charge in [-0.1, -0.05) is 0 Å². The van der Waals surface area contributed by atoms with E-state index in [1.54, 1.807) is 0 Å². The molecule has 2 nitrogen and oxygen atoms in total. The lowest BCUT2D eigenvalue weighted by molar-refractivity contribution is -0.369. The first-order valence-electron chi connectivity index (χ1n) is 3.08. The largest absolute Gasteiger partial charge is 0.390 e. The second-order valence-corrected chi connectivity index (χ2v) is 2.77. The zero-order chi connectivity index (χ0) is 6.62. The molecule has 0 saturated heterocycles. The van der Waals surface area contributed by atoms with Crippen LogP contribution in [0.5, 0.6) is 0 Å². The fourth-order valence-corrected chi connectivity index (χ4v) is 0.558. The Kier molecular flexibility index (Phi) is 3.02. The fraction of sp³-hybridized carbons (Fsp3) is 1.00. The zero-order valence-electron chi connectivity index (χ0n) is 5.78. The van der Waals surface area contributed by atoms with Gasteiger partial charge >= 0.3 is 0 Å². The first-order chi connectivity index (χ1) is 3.56. The summed E-state index contributed by atoms with van der Waals surface area (Å²) in [4.78, 5) is 0. The summed E-state index contributed by atoms with van der Waals surface area (Å²) in [5, 5.41) is 9.12. The van der Waals surface area contributed by atoms with Gasteiger partial charge in [0.25, 0.3) is 0 Å². The topological polar surface area (TPSA) is 47.9 Å². The first-order valence-corrected chi connectivity index (χ1v) is 3.08. The molecule has 0 amide bonds. The lowest BCUT2D eigenvalue weighted by Gasteiger charge is -2.14. The Morgan fingerprint density at radius 1 is 1.50 bits per heavy atom. The number of quaternary nitrogens is 1. The van der Waals surface area contributed by atoms with Crippen molar-refractivity contribution in [2.24, 2.45) is 0 Å². The van der Waals surface area contributed by atoms with Gasteiger partial charge in [0.15, 0.2) is 0 Å². The van der Waals surface area contributed by atoms with Gasteiger partial charge in [-0.3, -0.25) is 0 Å². The molecule has 0 radical (unpaired) electrons. The molecule has 0 saturated carbocycles. The van der Waals surface area contributed by atoms with E-state index in [0.717, 1.165) is 19.4 Å². The number of hydrogen-bond acceptors (Lipinski definition) is 1. The Bertz CT molecular complexity index is 56.0. The summed E-state index contributed by atoms with van der Waals surface area (Å²) in [5.74, 6) is 0. The molecule has 0 aromatic heterocycles. The van der Waals surface area contributed by atoms with E-state index in [-0.39, 0.29) is 0 Å². The summed E-state index contributed by atoms with van der Waals surface area (Å²) < 4.78 is 0. The predicted octanol–water partition coefficient (Wildman–Crippen LogP) is -0.221. The molecular formula is C6H16NO+. The highest BCUT2D eigenvalue weighted by atomic mass is 16.3. The van der Waals surface area contributed by atoms with E-state index in [9.17, 15) is 0 Å². The molecule has 50 valence electrons. The van der Waals surface area contributed by atoms with Crippen LogP contribution < -0.4 is 5.73 Å². The van der Waals surface area contributed by atoms with Crippen molar-refractivity contribution < 1.29 is 10.8 Å². The van der Waals surface area contributed by atoms with Crippen LogP contribution >= 0.6 is 0 Å². The van der Waals surface area contributed by atoms with Crippen molar-refractivity contribution in [3.63, 3.8) is 0 Å². The van der Waals surface area contributed by atoms with Crippen molar-refractivity contribution in [2.75, 3.05) is 6.54 Å². The highest BCUT2D eigenvalue weighted by Crippen LogP contribution is 2.07. The minimum absolute atomic E-state index is 0.488. The Labute approximate surface area is 50.7 Å². The van der Waals surface area contributed by atoms with Gasteiger partial charge in [0, 0.05) is 0 Å². The van der Waals surface area contributed by atoms with Crippen LogP contribution in [0.4, 0.5) is 0 Å². The maximum atomic E-state index is 9.12. The van der Waals surface area contributed by atoms with Crippen LogP contribution in [0.3, 0.4) is 0 Å². The van der Waals surface area contributed by atoms with Gasteiger partial charge in [0.05, 0.1) is 12.1 Å². The molecule has 0 aliphatic rings. The summed E-state index contributed by atoms with van der Waals surface area (Å²) in [7, 11) is 0. The van der Waals surface area contributed by atoms with Gasteiger partial charge in [0.1, 0.15) is 0 Å². The molecule has 0 atom stereocenters. The summed E-state index contributed by atoms with van der Waals surface area (Å²) >= 11 is 0. The smallest absolute Gasteiger partial charge is 0.0740 e. The average Bonchev–Trinajstić information content (AvgIpc) is 1.59. The van der Waals surface area contributed by atoms with Crippen molar-refractivity contribution in [1.29, 1.82) is 0 Å². The van der Waals surface area contributed by atoms with Crippen LogP contribution in [0, 0.1) is 0 Å². The van der Waals surface area contributed by atoms with E-state index in [2.05, 4.69) is 5.73 Å². The third kappa shape index (κ3) is 5.92. The number of rotatable bonds is 3. The number of hydrogen-bond donors (Lipinski definition) is 2. The molecule has 8 heavy (non-hydrogen) atoms. The van der Waals surface area contributed by atoms with Crippen LogP contribution in [0.25, 0.3) is 0 Å². The molecule has 0 aromatic carbocycles. The molecule has 0 aliphatic heterocycles. The Balaban J connectivity index is 3.11. The molecule has 0 spiro atoms. The second-order valence-electron chi connectivity index (χ2n) is 2.77. The quantitative estimate of drug-likeness (QED) is 0.529. The summed E-state index contributed by atoms with van der Waals surface area (Å²) in [5.41, 5.74) is 3.19. The summed E-state index contributed by atoms with van der Waals surface area (Å²) in [6, 6.07) is 0. The van der Waals surface area contributed by atoms with Gasteiger partial charge in [-0.25, -0.2) is 0 Å². The highest BCUT2D eigenvalue weighted by Gasteiger charge is 2.10. The Morgan fingerprint density at radius 2 is 2.00 bits per heavy atom. The van der Waals surface area contributed by atoms with Crippen molar-refractivity contribution in [3.8, 4) is 0 Å². The van der Waals surface area contributed by atoms with E-state index >= 15 is 0 Å². The van der Waals surface area contributed by atoms with Gasteiger partial charge in [-0.05, 0) is 26.7 Å². The third-order valence-corrected chi connectivity index (χ3v) is 1.04. The summed E-state index contributed by atoms with van der Waals surface area (Å²) in [6.45, 7) is 4.56. The van der Waals surface area contributed by atoms with Crippen LogP contribution in [0.1, 0.15) is 26.7 Å². The van der Waals surface area contributed by atoms with Crippen molar-refractivity contribution >= 4 is 0 Å². The van der Waals surface area contributed by atoms with E-state index < -0.39 is 5.60 Å². The Hall–Kier alpha value is -0.0800. The third-order valence-electron chi connectivity index (χ3n) is 1.04. The fourth-order valence-electron chi connectivity index (χ4n) is 0.558. The lowest BCUT2D eigenvalue weighted by Crippen LogP contribution is -2.50. The molecular weight excluding hydrogens is 102 g/mol. The summed E-state index contributed by atoms with van der Waals surface area (Å²) in [6.07, 6.45) is 1.88. The predicted molar refractivity (Wildman–Crippen MR) is 33.3 cm³/mol. The molecule has 0 aromatic rings. The van der Waals surface area contributed by atoms with Crippen molar-refractivity contribution in [1.82, 2.24) is 0 Å². The maximum absolute atomic E-state index is 9.12. The molecule has 0 unspecified atom stereocenters. The van der Waals surface area contributed by atoms with E-state index in [0.29, 0.717) is 0 Å². The minimum Gasteiger partial charge on any atom is -0.390 e. The van der Waals surface area contributed by atoms with Gasteiger partial charge in [-0.2, -0.15) is 0 Å². The second kappa shape index (κ2) is 3.05. The van der Waals surface area contributed by atoms with Gasteiger partial charge in [0.2, 0.25) is 0 Å². The van der Waals surface area contributed by atoms with Crippen LogP contribution in [-0.4, -0.2) is 17.3 Å². The molecule has 0 fully saturated rings. The van der Waals surface area contributed by atoms with Gasteiger partial charge < -0.3 is 10.8 Å². The molecule has 4 N–H and O–H groups in total. The maximum Gasteiger partial charge on any atom is 0.0740 e. The zero-order valence-corrected chi connectivity index (χ0v) is 5.78. The minimum atomic E-state index is -0.488. The molecule has 0 rings (SSSR count). The van der Waals surface area contributed by atoms with Gasteiger partial charge in [-0.15, -0.1) is 0 Å². The van der Waals surface area contributed by atoms with Crippen LogP contribution in [0.15, 0.2) is 0 Å². The number of aliphatic hydroxyl groups is 1.